The van der Waals surface area contributed by atoms with Crippen LogP contribution < -0.4 is 10.1 Å². The summed E-state index contributed by atoms with van der Waals surface area (Å²) in [5, 5.41) is 26.7. The summed E-state index contributed by atoms with van der Waals surface area (Å²) in [6.45, 7) is 3.44. The maximum atomic E-state index is 10.0. The molecule has 3 aromatic rings. The van der Waals surface area contributed by atoms with Crippen molar-refractivity contribution in [2.75, 3.05) is 19.0 Å². The van der Waals surface area contributed by atoms with Crippen molar-refractivity contribution in [3.63, 3.8) is 0 Å². The molecule has 1 atom stereocenters. The number of aliphatic hydroxyl groups is 2. The Kier molecular flexibility index (Phi) is 5.38. The summed E-state index contributed by atoms with van der Waals surface area (Å²) in [6, 6.07) is 7.69. The quantitative estimate of drug-likeness (QED) is 0.586. The molecule has 3 rings (SSSR count). The van der Waals surface area contributed by atoms with E-state index >= 15 is 0 Å². The summed E-state index contributed by atoms with van der Waals surface area (Å²) in [5.74, 6) is 0.929. The van der Waals surface area contributed by atoms with Crippen LogP contribution in [0.25, 0.3) is 11.1 Å². The van der Waals surface area contributed by atoms with Gasteiger partial charge in [-0.3, -0.25) is 4.68 Å². The molecule has 0 saturated carbocycles. The van der Waals surface area contributed by atoms with E-state index in [1.165, 1.54) is 0 Å². The zero-order valence-corrected chi connectivity index (χ0v) is 15.5. The fraction of sp³-hybridized carbons (Fsp3) is 0.316. The predicted molar refractivity (Wildman–Crippen MR) is 102 cm³/mol. The van der Waals surface area contributed by atoms with Gasteiger partial charge in [0.05, 0.1) is 26.5 Å². The second-order valence-electron chi connectivity index (χ2n) is 6.72. The van der Waals surface area contributed by atoms with Crippen LogP contribution in [0.2, 0.25) is 0 Å². The molecule has 0 spiro atoms. The van der Waals surface area contributed by atoms with Gasteiger partial charge in [0.25, 0.3) is 0 Å². The Morgan fingerprint density at radius 2 is 2.07 bits per heavy atom. The molecule has 3 N–H and O–H groups in total. The van der Waals surface area contributed by atoms with Crippen LogP contribution in [0.1, 0.15) is 12.5 Å². The fourth-order valence-electron chi connectivity index (χ4n) is 2.67. The molecule has 0 unspecified atom stereocenters. The van der Waals surface area contributed by atoms with E-state index in [1.807, 2.05) is 31.3 Å². The van der Waals surface area contributed by atoms with Crippen molar-refractivity contribution in [1.82, 2.24) is 19.7 Å². The van der Waals surface area contributed by atoms with Crippen LogP contribution in [0.5, 0.6) is 5.88 Å². The van der Waals surface area contributed by atoms with Crippen LogP contribution in [-0.2, 0) is 6.54 Å². The van der Waals surface area contributed by atoms with Crippen molar-refractivity contribution in [2.24, 2.45) is 0 Å². The Morgan fingerprint density at radius 1 is 1.26 bits per heavy atom. The van der Waals surface area contributed by atoms with Gasteiger partial charge in [-0.05, 0) is 37.1 Å². The first-order valence-electron chi connectivity index (χ1n) is 8.50. The van der Waals surface area contributed by atoms with Crippen LogP contribution >= 0.6 is 0 Å². The van der Waals surface area contributed by atoms with E-state index in [-0.39, 0.29) is 13.2 Å². The van der Waals surface area contributed by atoms with Gasteiger partial charge >= 0.3 is 0 Å². The number of hydrogen-bond donors (Lipinski definition) is 3. The summed E-state index contributed by atoms with van der Waals surface area (Å²) < 4.78 is 6.74. The number of aliphatic hydroxyl groups excluding tert-OH is 1. The van der Waals surface area contributed by atoms with Gasteiger partial charge < -0.3 is 20.3 Å². The monoisotopic (exact) mass is 369 g/mol. The fourth-order valence-corrected chi connectivity index (χ4v) is 2.67. The lowest BCUT2D eigenvalue weighted by Gasteiger charge is -2.19. The van der Waals surface area contributed by atoms with E-state index in [0.717, 1.165) is 22.4 Å². The maximum absolute atomic E-state index is 10.0. The van der Waals surface area contributed by atoms with E-state index in [9.17, 15) is 10.2 Å². The highest BCUT2D eigenvalue weighted by molar-refractivity contribution is 5.70. The van der Waals surface area contributed by atoms with Crippen molar-refractivity contribution in [3.05, 3.63) is 48.4 Å². The van der Waals surface area contributed by atoms with Gasteiger partial charge in [-0.15, -0.1) is 0 Å². The topological polar surface area (TPSA) is 105 Å². The van der Waals surface area contributed by atoms with Crippen molar-refractivity contribution >= 4 is 11.6 Å². The third-order valence-corrected chi connectivity index (χ3v) is 3.98. The van der Waals surface area contributed by atoms with Crippen molar-refractivity contribution < 1.29 is 14.9 Å². The van der Waals surface area contributed by atoms with E-state index in [2.05, 4.69) is 20.4 Å². The second kappa shape index (κ2) is 7.73. The zero-order chi connectivity index (χ0) is 19.4. The smallest absolute Gasteiger partial charge is 0.230 e. The van der Waals surface area contributed by atoms with E-state index in [4.69, 9.17) is 4.74 Å². The normalized spacial score (nSPS) is 13.2. The van der Waals surface area contributed by atoms with Crippen LogP contribution in [0.3, 0.4) is 0 Å². The highest BCUT2D eigenvalue weighted by Gasteiger charge is 2.20. The van der Waals surface area contributed by atoms with Gasteiger partial charge in [-0.2, -0.15) is 10.1 Å². The molecular weight excluding hydrogens is 346 g/mol. The largest absolute Gasteiger partial charge is 0.481 e. The summed E-state index contributed by atoms with van der Waals surface area (Å²) in [7, 11) is 1.56. The Hall–Kier alpha value is -2.97. The van der Waals surface area contributed by atoms with Gasteiger partial charge in [-0.1, -0.05) is 6.07 Å². The summed E-state index contributed by atoms with van der Waals surface area (Å²) in [5.41, 5.74) is 2.56. The number of nitrogens with zero attached hydrogens (tertiary/aromatic N) is 4. The average Bonchev–Trinajstić information content (AvgIpc) is 3.09. The number of ether oxygens (including phenoxy) is 1. The summed E-state index contributed by atoms with van der Waals surface area (Å²) in [6.07, 6.45) is 5.20. The van der Waals surface area contributed by atoms with Crippen molar-refractivity contribution in [2.45, 2.75) is 26.0 Å². The highest BCUT2D eigenvalue weighted by atomic mass is 16.5. The maximum Gasteiger partial charge on any atom is 0.230 e. The molecule has 2 heterocycles. The number of methoxy groups -OCH3 is 1. The Morgan fingerprint density at radius 3 is 2.81 bits per heavy atom. The minimum absolute atomic E-state index is 0.206. The van der Waals surface area contributed by atoms with Crippen LogP contribution in [0.15, 0.2) is 42.9 Å². The lowest BCUT2D eigenvalue weighted by Crippen LogP contribution is -2.34. The molecule has 0 fully saturated rings. The first-order valence-corrected chi connectivity index (χ1v) is 8.50. The number of aromatic nitrogens is 4. The van der Waals surface area contributed by atoms with E-state index < -0.39 is 5.60 Å². The predicted octanol–water partition coefficient (Wildman–Crippen LogP) is 2.14. The lowest BCUT2D eigenvalue weighted by atomic mass is 10.1. The highest BCUT2D eigenvalue weighted by Crippen LogP contribution is 2.26. The minimum atomic E-state index is -1.22. The molecule has 142 valence electrons. The van der Waals surface area contributed by atoms with E-state index in [0.29, 0.717) is 11.8 Å². The standard InChI is InChI=1S/C19H23N5O3/c1-13-6-14(15-9-21-24(10-15)11-19(2,26)12-25)8-16(7-13)22-18-20-5-4-17(23-18)27-3/h4-10,25-26H,11-12H2,1-3H3,(H,20,22,23)/t19-/m0/s1. The molecule has 0 aliphatic rings. The van der Waals surface area contributed by atoms with Gasteiger partial charge in [0.2, 0.25) is 11.8 Å². The third-order valence-electron chi connectivity index (χ3n) is 3.98. The van der Waals surface area contributed by atoms with Gasteiger partial charge in [-0.25, -0.2) is 4.98 Å². The minimum Gasteiger partial charge on any atom is -0.481 e. The number of nitrogens with one attached hydrogen (secondary N) is 1. The summed E-state index contributed by atoms with van der Waals surface area (Å²) in [4.78, 5) is 8.46. The van der Waals surface area contributed by atoms with E-state index in [1.54, 1.807) is 37.2 Å². The number of anilines is 2. The molecule has 0 aliphatic heterocycles. The molecular formula is C19H23N5O3. The Bertz CT molecular complexity index is 923. The molecule has 0 amide bonds. The first kappa shape index (κ1) is 18.8. The first-order chi connectivity index (χ1) is 12.9. The zero-order valence-electron chi connectivity index (χ0n) is 15.5. The number of rotatable bonds is 7. The molecule has 2 aromatic heterocycles. The van der Waals surface area contributed by atoms with Crippen molar-refractivity contribution in [1.29, 1.82) is 0 Å². The van der Waals surface area contributed by atoms with Gasteiger partial charge in [0, 0.05) is 29.7 Å². The Labute approximate surface area is 157 Å². The number of benzene rings is 1. The molecule has 0 bridgehead atoms. The third kappa shape index (κ3) is 4.81. The van der Waals surface area contributed by atoms with Crippen LogP contribution in [-0.4, -0.2) is 49.3 Å². The molecule has 8 heteroatoms. The van der Waals surface area contributed by atoms with Crippen LogP contribution in [0.4, 0.5) is 11.6 Å². The average molecular weight is 369 g/mol. The van der Waals surface area contributed by atoms with Crippen molar-refractivity contribution in [3.8, 4) is 17.0 Å². The molecule has 0 aliphatic carbocycles. The van der Waals surface area contributed by atoms with Gasteiger partial charge in [0.1, 0.15) is 5.60 Å². The molecule has 1 aromatic carbocycles. The molecule has 0 saturated heterocycles. The summed E-state index contributed by atoms with van der Waals surface area (Å²) >= 11 is 0. The van der Waals surface area contributed by atoms with Gasteiger partial charge in [0.15, 0.2) is 0 Å². The Balaban J connectivity index is 1.84. The number of aryl methyl sites for hydroxylation is 1. The SMILES string of the molecule is COc1ccnc(Nc2cc(C)cc(-c3cnn(C[C@](C)(O)CO)c3)c2)n1. The second-order valence-corrected chi connectivity index (χ2v) is 6.72. The number of hydrogen-bond acceptors (Lipinski definition) is 7. The molecule has 8 nitrogen and oxygen atoms in total. The molecule has 0 radical (unpaired) electrons. The van der Waals surface area contributed by atoms with Crippen LogP contribution in [0, 0.1) is 6.92 Å². The lowest BCUT2D eigenvalue weighted by molar-refractivity contribution is -0.0145. The molecule has 27 heavy (non-hydrogen) atoms.